The van der Waals surface area contributed by atoms with E-state index in [1.54, 1.807) is 0 Å². The summed E-state index contributed by atoms with van der Waals surface area (Å²) in [7, 11) is 0. The fourth-order valence-electron chi connectivity index (χ4n) is 5.40. The van der Waals surface area contributed by atoms with E-state index >= 15 is 0 Å². The number of benzene rings is 6. The van der Waals surface area contributed by atoms with Gasteiger partial charge in [-0.1, -0.05) is 182 Å². The van der Waals surface area contributed by atoms with Crippen LogP contribution in [0, 0.1) is 0 Å². The van der Waals surface area contributed by atoms with Crippen molar-refractivity contribution in [1.82, 2.24) is 14.7 Å². The van der Waals surface area contributed by atoms with Gasteiger partial charge in [-0.25, -0.2) is 14.7 Å². The van der Waals surface area contributed by atoms with Crippen LogP contribution in [-0.4, -0.2) is 27.7 Å². The molecule has 0 aromatic heterocycles. The van der Waals surface area contributed by atoms with Crippen LogP contribution in [0.15, 0.2) is 182 Å². The van der Waals surface area contributed by atoms with Crippen LogP contribution in [-0.2, 0) is 131 Å². The molecule has 0 bridgehead atoms. The summed E-state index contributed by atoms with van der Waals surface area (Å²) in [5, 5.41) is 0. The molecule has 281 valence electrons. The maximum absolute atomic E-state index is 5.21. The van der Waals surface area contributed by atoms with Crippen LogP contribution in [0.25, 0.3) is 0 Å². The number of hydrogen-bond donors (Lipinski definition) is 0. The Morgan fingerprint density at radius 3 is 0.527 bits per heavy atom. The third-order valence-corrected chi connectivity index (χ3v) is 9.73. The Kier molecular flexibility index (Phi) is 22.6. The van der Waals surface area contributed by atoms with Gasteiger partial charge in [-0.05, 0) is 33.4 Å². The molecule has 3 nitrogen and oxygen atoms in total. The van der Waals surface area contributed by atoms with Crippen LogP contribution in [0.5, 0.6) is 0 Å². The smallest absolute Gasteiger partial charge is 0.680 e. The van der Waals surface area contributed by atoms with Crippen molar-refractivity contribution in [3.63, 3.8) is 0 Å². The minimum absolute atomic E-state index is 0. The number of thiol groups is 3. The quantitative estimate of drug-likeness (QED) is 0.0406. The molecule has 0 saturated carbocycles. The van der Waals surface area contributed by atoms with Crippen LogP contribution in [0.2, 0.25) is 0 Å². The van der Waals surface area contributed by atoms with Gasteiger partial charge in [0, 0.05) is 39.3 Å². The molecule has 0 heterocycles. The fourth-order valence-corrected chi connectivity index (χ4v) is 6.21. The van der Waals surface area contributed by atoms with E-state index in [0.29, 0.717) is 13.0 Å². The Hall–Kier alpha value is -2.96. The Balaban J connectivity index is 0.000000220. The van der Waals surface area contributed by atoms with E-state index in [2.05, 4.69) is 124 Å². The summed E-state index contributed by atoms with van der Waals surface area (Å²) in [6.07, 6.45) is 0. The van der Waals surface area contributed by atoms with Gasteiger partial charge < -0.3 is 37.9 Å². The standard InChI is InChI=1S/3C15H15NS2.Fe/c3*17-15(18)16(11-13-7-3-1-4-8-13)12-14-9-5-2-6-10-14;/h3*1-10H,11-12H2,(H,17,18);/q;;;+3. The molecule has 55 heavy (non-hydrogen) atoms. The topological polar surface area (TPSA) is 9.72 Å². The molecule has 0 aliphatic rings. The molecule has 10 heteroatoms. The average molecular weight is 876 g/mol. The number of nitrogens with zero attached hydrogens (tertiary/aromatic N) is 3. The summed E-state index contributed by atoms with van der Waals surface area (Å²) in [5.41, 5.74) is 7.44. The second kappa shape index (κ2) is 26.8. The minimum atomic E-state index is 0. The van der Waals surface area contributed by atoms with Crippen molar-refractivity contribution in [3.05, 3.63) is 215 Å². The van der Waals surface area contributed by atoms with Gasteiger partial charge in [0.2, 0.25) is 0 Å². The van der Waals surface area contributed by atoms with E-state index in [1.165, 1.54) is 33.4 Å². The summed E-state index contributed by atoms with van der Waals surface area (Å²) >= 11 is 28.5. The minimum Gasteiger partial charge on any atom is -0.680 e. The molecule has 0 atom stereocenters. The molecular formula is C45H45FeN3S6+3. The predicted molar refractivity (Wildman–Crippen MR) is 250 cm³/mol. The molecule has 0 amide bonds. The van der Waals surface area contributed by atoms with Gasteiger partial charge in [0.15, 0.2) is 0 Å². The van der Waals surface area contributed by atoms with E-state index in [1.807, 2.05) is 109 Å². The van der Waals surface area contributed by atoms with Gasteiger partial charge >= 0.3 is 17.1 Å². The first-order valence-corrected chi connectivity index (χ1v) is 20.0. The van der Waals surface area contributed by atoms with Crippen LogP contribution in [0.4, 0.5) is 0 Å². The average Bonchev–Trinajstić information content (AvgIpc) is 3.20. The van der Waals surface area contributed by atoms with Crippen LogP contribution in [0.3, 0.4) is 0 Å². The van der Waals surface area contributed by atoms with Gasteiger partial charge in [-0.3, -0.25) is 0 Å². The van der Waals surface area contributed by atoms with Gasteiger partial charge in [0.1, 0.15) is 49.6 Å². The summed E-state index contributed by atoms with van der Waals surface area (Å²) in [5.74, 6) is 0. The van der Waals surface area contributed by atoms with Gasteiger partial charge in [-0.2, -0.15) is 0 Å². The first-order chi connectivity index (χ1) is 26.3. The molecule has 1 radical (unpaired) electrons. The summed E-state index contributed by atoms with van der Waals surface area (Å²) in [6, 6.07) is 61.8. The van der Waals surface area contributed by atoms with Crippen LogP contribution < -0.4 is 0 Å². The molecular weight excluding hydrogens is 831 g/mol. The maximum atomic E-state index is 5.21. The van der Waals surface area contributed by atoms with Crippen molar-refractivity contribution < 1.29 is 17.1 Å². The van der Waals surface area contributed by atoms with E-state index in [-0.39, 0.29) is 17.1 Å². The van der Waals surface area contributed by atoms with E-state index in [0.717, 1.165) is 39.3 Å². The van der Waals surface area contributed by atoms with Crippen molar-refractivity contribution >= 4 is 87.5 Å². The first kappa shape index (κ1) is 46.4. The SMILES string of the molecule is [Fe+3].[S-]C(=[SH+])N(Cc1ccccc1)Cc1ccccc1.[S-]C(=[SH+])N(Cc1ccccc1)Cc1ccccc1.[S-]C(=[SH+])N(Cc1ccccc1)Cc1ccccc1. The molecule has 6 aromatic carbocycles. The molecule has 0 spiro atoms. The van der Waals surface area contributed by atoms with Crippen molar-refractivity contribution in [1.29, 1.82) is 0 Å². The number of rotatable bonds is 12. The van der Waals surface area contributed by atoms with Gasteiger partial charge in [0.05, 0.1) is 0 Å². The normalized spacial score (nSPS) is 10.4. The Morgan fingerprint density at radius 2 is 0.418 bits per heavy atom. The molecule has 0 saturated heterocycles. The van der Waals surface area contributed by atoms with E-state index < -0.39 is 0 Å². The Morgan fingerprint density at radius 1 is 0.291 bits per heavy atom. The van der Waals surface area contributed by atoms with Crippen molar-refractivity contribution in [2.75, 3.05) is 0 Å². The molecule has 0 N–H and O–H groups in total. The molecule has 6 rings (SSSR count). The first-order valence-electron chi connectivity index (χ1n) is 17.4. The zero-order valence-corrected chi connectivity index (χ0v) is 36.6. The second-order valence-electron chi connectivity index (χ2n) is 12.3. The monoisotopic (exact) mass is 875 g/mol. The molecule has 0 unspecified atom stereocenters. The number of hydrogen-bond acceptors (Lipinski definition) is 3. The Labute approximate surface area is 370 Å². The summed E-state index contributed by atoms with van der Waals surface area (Å²) in [6.45, 7) is 4.74. The third-order valence-electron chi connectivity index (χ3n) is 8.11. The second-order valence-corrected chi connectivity index (χ2v) is 15.7. The molecule has 0 fully saturated rings. The zero-order chi connectivity index (χ0) is 38.4. The van der Waals surface area contributed by atoms with E-state index in [4.69, 9.17) is 37.9 Å². The van der Waals surface area contributed by atoms with Crippen molar-refractivity contribution in [2.24, 2.45) is 0 Å². The van der Waals surface area contributed by atoms with Crippen LogP contribution in [0.1, 0.15) is 33.4 Å². The van der Waals surface area contributed by atoms with Crippen LogP contribution >= 0.6 is 0 Å². The molecule has 6 aromatic rings. The fraction of sp³-hybridized carbons (Fsp3) is 0.133. The summed E-state index contributed by atoms with van der Waals surface area (Å²) < 4.78 is 1.88. The maximum Gasteiger partial charge on any atom is 3.00 e. The van der Waals surface area contributed by atoms with Gasteiger partial charge in [-0.15, -0.1) is 0 Å². The van der Waals surface area contributed by atoms with Crippen molar-refractivity contribution in [2.45, 2.75) is 39.3 Å². The largest absolute Gasteiger partial charge is 3.00 e. The predicted octanol–water partition coefficient (Wildman–Crippen LogP) is 7.80. The van der Waals surface area contributed by atoms with E-state index in [9.17, 15) is 0 Å². The summed E-state index contributed by atoms with van der Waals surface area (Å²) in [4.78, 5) is 6.26. The van der Waals surface area contributed by atoms with Crippen molar-refractivity contribution in [3.8, 4) is 0 Å². The molecule has 0 aliphatic carbocycles. The Bertz CT molecular complexity index is 1600. The zero-order valence-electron chi connectivity index (χ0n) is 30.3. The van der Waals surface area contributed by atoms with Gasteiger partial charge in [0.25, 0.3) is 0 Å². The molecule has 0 aliphatic heterocycles. The third kappa shape index (κ3) is 18.7.